The Morgan fingerprint density at radius 1 is 1.67 bits per heavy atom. The summed E-state index contributed by atoms with van der Waals surface area (Å²) in [6.45, 7) is 2.18. The first-order valence-electron chi connectivity index (χ1n) is 4.44. The lowest BCUT2D eigenvalue weighted by molar-refractivity contribution is -0.125. The fraction of sp³-hybridized carbons (Fsp3) is 0.875. The SMILES string of the molecule is O=C(NCCO)[C@H]1CCCNC1. The van der Waals surface area contributed by atoms with Gasteiger partial charge in [-0.15, -0.1) is 0 Å². The van der Waals surface area contributed by atoms with E-state index in [-0.39, 0.29) is 18.4 Å². The van der Waals surface area contributed by atoms with Crippen molar-refractivity contribution in [3.8, 4) is 0 Å². The van der Waals surface area contributed by atoms with Crippen LogP contribution in [0.15, 0.2) is 0 Å². The molecule has 0 aromatic heterocycles. The van der Waals surface area contributed by atoms with Crippen LogP contribution in [0.2, 0.25) is 0 Å². The first-order chi connectivity index (χ1) is 5.84. The highest BCUT2D eigenvalue weighted by atomic mass is 16.3. The lowest BCUT2D eigenvalue weighted by Gasteiger charge is -2.21. The van der Waals surface area contributed by atoms with Gasteiger partial charge in [-0.3, -0.25) is 4.79 Å². The quantitative estimate of drug-likeness (QED) is 0.517. The summed E-state index contributed by atoms with van der Waals surface area (Å²) < 4.78 is 0. The molecule has 1 heterocycles. The van der Waals surface area contributed by atoms with Crippen LogP contribution in [0.4, 0.5) is 0 Å². The molecule has 1 aliphatic rings. The first kappa shape index (κ1) is 9.48. The van der Waals surface area contributed by atoms with Gasteiger partial charge >= 0.3 is 0 Å². The third-order valence-electron chi connectivity index (χ3n) is 2.08. The molecule has 0 aliphatic carbocycles. The summed E-state index contributed by atoms with van der Waals surface area (Å²) in [6, 6.07) is 0. The van der Waals surface area contributed by atoms with Crippen molar-refractivity contribution in [1.29, 1.82) is 0 Å². The van der Waals surface area contributed by atoms with Crippen molar-refractivity contribution < 1.29 is 9.90 Å². The summed E-state index contributed by atoms with van der Waals surface area (Å²) in [5.74, 6) is 0.168. The van der Waals surface area contributed by atoms with Crippen LogP contribution < -0.4 is 10.6 Å². The molecule has 1 saturated heterocycles. The Morgan fingerprint density at radius 3 is 3.08 bits per heavy atom. The maximum Gasteiger partial charge on any atom is 0.224 e. The minimum absolute atomic E-state index is 0.0197. The molecule has 0 unspecified atom stereocenters. The van der Waals surface area contributed by atoms with Crippen molar-refractivity contribution in [3.63, 3.8) is 0 Å². The summed E-state index contributed by atoms with van der Waals surface area (Å²) in [7, 11) is 0. The third-order valence-corrected chi connectivity index (χ3v) is 2.08. The summed E-state index contributed by atoms with van der Waals surface area (Å²) in [5.41, 5.74) is 0. The molecule has 1 fully saturated rings. The summed E-state index contributed by atoms with van der Waals surface area (Å²) in [6.07, 6.45) is 2.03. The molecule has 1 aliphatic heterocycles. The Balaban J connectivity index is 2.20. The van der Waals surface area contributed by atoms with E-state index in [1.165, 1.54) is 0 Å². The predicted octanol–water partition coefficient (Wildman–Crippen LogP) is -0.905. The monoisotopic (exact) mass is 172 g/mol. The van der Waals surface area contributed by atoms with Crippen LogP contribution in [-0.4, -0.2) is 37.3 Å². The number of carbonyl (C=O) groups is 1. The molecule has 0 spiro atoms. The highest BCUT2D eigenvalue weighted by Crippen LogP contribution is 2.09. The van der Waals surface area contributed by atoms with Crippen LogP contribution >= 0.6 is 0 Å². The Morgan fingerprint density at radius 2 is 2.50 bits per heavy atom. The molecule has 1 rings (SSSR count). The second-order valence-electron chi connectivity index (χ2n) is 3.06. The Hall–Kier alpha value is -0.610. The van der Waals surface area contributed by atoms with Gasteiger partial charge < -0.3 is 15.7 Å². The van der Waals surface area contributed by atoms with E-state index < -0.39 is 0 Å². The lowest BCUT2D eigenvalue weighted by Crippen LogP contribution is -2.41. The second-order valence-corrected chi connectivity index (χ2v) is 3.06. The number of aliphatic hydroxyl groups is 1. The van der Waals surface area contributed by atoms with E-state index >= 15 is 0 Å². The lowest BCUT2D eigenvalue weighted by atomic mass is 9.99. The van der Waals surface area contributed by atoms with Crippen molar-refractivity contribution in [2.24, 2.45) is 5.92 Å². The third kappa shape index (κ3) is 2.79. The fourth-order valence-corrected chi connectivity index (χ4v) is 1.40. The normalized spacial score (nSPS) is 23.6. The number of carbonyl (C=O) groups excluding carboxylic acids is 1. The van der Waals surface area contributed by atoms with Gasteiger partial charge in [-0.05, 0) is 19.4 Å². The van der Waals surface area contributed by atoms with Gasteiger partial charge in [0.1, 0.15) is 0 Å². The van der Waals surface area contributed by atoms with Crippen molar-refractivity contribution in [2.45, 2.75) is 12.8 Å². The van der Waals surface area contributed by atoms with Crippen molar-refractivity contribution in [1.82, 2.24) is 10.6 Å². The van der Waals surface area contributed by atoms with Gasteiger partial charge in [-0.2, -0.15) is 0 Å². The molecule has 0 saturated carbocycles. The number of piperidine rings is 1. The van der Waals surface area contributed by atoms with Gasteiger partial charge in [0.05, 0.1) is 12.5 Å². The van der Waals surface area contributed by atoms with E-state index in [0.29, 0.717) is 6.54 Å². The zero-order valence-electron chi connectivity index (χ0n) is 7.18. The minimum atomic E-state index is 0.0197. The number of aliphatic hydroxyl groups excluding tert-OH is 1. The first-order valence-corrected chi connectivity index (χ1v) is 4.44. The van der Waals surface area contributed by atoms with Crippen LogP contribution in [0, 0.1) is 5.92 Å². The van der Waals surface area contributed by atoms with E-state index in [1.807, 2.05) is 0 Å². The van der Waals surface area contributed by atoms with Crippen LogP contribution in [0.5, 0.6) is 0 Å². The van der Waals surface area contributed by atoms with E-state index in [2.05, 4.69) is 10.6 Å². The van der Waals surface area contributed by atoms with E-state index in [4.69, 9.17) is 5.11 Å². The summed E-state index contributed by atoms with van der Waals surface area (Å²) in [4.78, 5) is 11.3. The molecule has 1 amide bonds. The van der Waals surface area contributed by atoms with Crippen LogP contribution in [0.3, 0.4) is 0 Å². The number of nitrogens with one attached hydrogen (secondary N) is 2. The van der Waals surface area contributed by atoms with Gasteiger partial charge in [0.25, 0.3) is 0 Å². The standard InChI is InChI=1S/C8H16N2O2/c11-5-4-10-8(12)7-2-1-3-9-6-7/h7,9,11H,1-6H2,(H,10,12)/t7-/m0/s1. The number of hydrogen-bond acceptors (Lipinski definition) is 3. The highest BCUT2D eigenvalue weighted by molar-refractivity contribution is 5.78. The average Bonchev–Trinajstić information content (AvgIpc) is 2.15. The number of rotatable bonds is 3. The maximum absolute atomic E-state index is 11.3. The Kier molecular flexibility index (Phi) is 4.04. The molecule has 4 heteroatoms. The molecule has 0 aromatic rings. The molecule has 0 bridgehead atoms. The largest absolute Gasteiger partial charge is 0.395 e. The van der Waals surface area contributed by atoms with Crippen LogP contribution in [-0.2, 0) is 4.79 Å². The molecule has 3 N–H and O–H groups in total. The topological polar surface area (TPSA) is 61.4 Å². The van der Waals surface area contributed by atoms with E-state index in [0.717, 1.165) is 25.9 Å². The van der Waals surface area contributed by atoms with Gasteiger partial charge in [0.2, 0.25) is 5.91 Å². The smallest absolute Gasteiger partial charge is 0.224 e. The molecule has 0 radical (unpaired) electrons. The van der Waals surface area contributed by atoms with Crippen molar-refractivity contribution in [3.05, 3.63) is 0 Å². The van der Waals surface area contributed by atoms with Gasteiger partial charge in [-0.1, -0.05) is 0 Å². The molecule has 70 valence electrons. The molecule has 4 nitrogen and oxygen atoms in total. The molecule has 0 aromatic carbocycles. The maximum atomic E-state index is 11.3. The molecule has 1 atom stereocenters. The average molecular weight is 172 g/mol. The molecular weight excluding hydrogens is 156 g/mol. The predicted molar refractivity (Wildman–Crippen MR) is 45.7 cm³/mol. The van der Waals surface area contributed by atoms with Crippen molar-refractivity contribution in [2.75, 3.05) is 26.2 Å². The molecule has 12 heavy (non-hydrogen) atoms. The van der Waals surface area contributed by atoms with Crippen molar-refractivity contribution >= 4 is 5.91 Å². The van der Waals surface area contributed by atoms with E-state index in [9.17, 15) is 4.79 Å². The second kappa shape index (κ2) is 5.11. The van der Waals surface area contributed by atoms with Crippen LogP contribution in [0.25, 0.3) is 0 Å². The fourth-order valence-electron chi connectivity index (χ4n) is 1.40. The Bertz CT molecular complexity index is 144. The van der Waals surface area contributed by atoms with E-state index in [1.54, 1.807) is 0 Å². The molecular formula is C8H16N2O2. The number of amides is 1. The summed E-state index contributed by atoms with van der Waals surface area (Å²) >= 11 is 0. The zero-order chi connectivity index (χ0) is 8.81. The van der Waals surface area contributed by atoms with Gasteiger partial charge in [0, 0.05) is 13.1 Å². The van der Waals surface area contributed by atoms with Crippen LogP contribution in [0.1, 0.15) is 12.8 Å². The number of hydrogen-bond donors (Lipinski definition) is 3. The van der Waals surface area contributed by atoms with Gasteiger partial charge in [-0.25, -0.2) is 0 Å². The zero-order valence-corrected chi connectivity index (χ0v) is 7.18. The minimum Gasteiger partial charge on any atom is -0.395 e. The highest BCUT2D eigenvalue weighted by Gasteiger charge is 2.19. The van der Waals surface area contributed by atoms with Gasteiger partial charge in [0.15, 0.2) is 0 Å². The summed E-state index contributed by atoms with van der Waals surface area (Å²) in [5, 5.41) is 14.3. The Labute approximate surface area is 72.3 Å².